The minimum Gasteiger partial charge on any atom is -0.311 e. The molecular formula is C9H12F3N3. The molecule has 1 N–H and O–H groups in total. The van der Waals surface area contributed by atoms with Crippen LogP contribution in [0.3, 0.4) is 0 Å². The molecule has 84 valence electrons. The second-order valence-corrected chi connectivity index (χ2v) is 3.04. The molecule has 1 rings (SSSR count). The van der Waals surface area contributed by atoms with E-state index in [4.69, 9.17) is 0 Å². The number of nitrogens with one attached hydrogen (secondary N) is 1. The first-order valence-corrected chi connectivity index (χ1v) is 4.59. The third-order valence-corrected chi connectivity index (χ3v) is 1.68. The van der Waals surface area contributed by atoms with Gasteiger partial charge in [-0.25, -0.2) is 9.97 Å². The van der Waals surface area contributed by atoms with E-state index in [1.54, 1.807) is 6.07 Å². The second kappa shape index (κ2) is 5.06. The van der Waals surface area contributed by atoms with Crippen molar-refractivity contribution in [1.29, 1.82) is 0 Å². The van der Waals surface area contributed by atoms with Crippen molar-refractivity contribution in [3.05, 3.63) is 23.8 Å². The number of rotatable bonds is 4. The second-order valence-electron chi connectivity index (χ2n) is 3.04. The SMILES string of the molecule is CCNCc1ccnc(CC(F)(F)F)n1. The van der Waals surface area contributed by atoms with E-state index in [9.17, 15) is 13.2 Å². The summed E-state index contributed by atoms with van der Waals surface area (Å²) in [4.78, 5) is 7.38. The highest BCUT2D eigenvalue weighted by Crippen LogP contribution is 2.18. The predicted molar refractivity (Wildman–Crippen MR) is 49.2 cm³/mol. The van der Waals surface area contributed by atoms with Gasteiger partial charge in [0.25, 0.3) is 0 Å². The van der Waals surface area contributed by atoms with Crippen LogP contribution in [-0.4, -0.2) is 22.7 Å². The fourth-order valence-corrected chi connectivity index (χ4v) is 1.06. The summed E-state index contributed by atoms with van der Waals surface area (Å²) in [6.45, 7) is 3.13. The zero-order valence-electron chi connectivity index (χ0n) is 8.30. The van der Waals surface area contributed by atoms with Crippen LogP contribution in [0, 0.1) is 0 Å². The molecule has 0 bridgehead atoms. The third-order valence-electron chi connectivity index (χ3n) is 1.68. The molecule has 3 nitrogen and oxygen atoms in total. The summed E-state index contributed by atoms with van der Waals surface area (Å²) >= 11 is 0. The normalized spacial score (nSPS) is 11.7. The third kappa shape index (κ3) is 4.73. The fourth-order valence-electron chi connectivity index (χ4n) is 1.06. The molecule has 0 fully saturated rings. The van der Waals surface area contributed by atoms with Crippen molar-refractivity contribution in [2.75, 3.05) is 6.54 Å². The molecule has 0 aliphatic heterocycles. The maximum absolute atomic E-state index is 12.0. The van der Waals surface area contributed by atoms with E-state index in [-0.39, 0.29) is 5.82 Å². The molecule has 1 aromatic heterocycles. The standard InChI is InChI=1S/C9H12F3N3/c1-2-13-6-7-3-4-14-8(15-7)5-9(10,11)12/h3-4,13H,2,5-6H2,1H3. The van der Waals surface area contributed by atoms with Gasteiger partial charge in [0.05, 0.1) is 5.69 Å². The Hall–Kier alpha value is -1.17. The van der Waals surface area contributed by atoms with Crippen molar-refractivity contribution in [2.45, 2.75) is 26.1 Å². The van der Waals surface area contributed by atoms with E-state index in [1.165, 1.54) is 6.20 Å². The lowest BCUT2D eigenvalue weighted by molar-refractivity contribution is -0.128. The van der Waals surface area contributed by atoms with Crippen LogP contribution in [0.2, 0.25) is 0 Å². The zero-order valence-corrected chi connectivity index (χ0v) is 8.30. The van der Waals surface area contributed by atoms with E-state index in [1.807, 2.05) is 6.92 Å². The number of halogens is 3. The summed E-state index contributed by atoms with van der Waals surface area (Å²) in [5.74, 6) is -0.182. The van der Waals surface area contributed by atoms with Gasteiger partial charge in [0.2, 0.25) is 0 Å². The van der Waals surface area contributed by atoms with Gasteiger partial charge >= 0.3 is 6.18 Å². The van der Waals surface area contributed by atoms with Gasteiger partial charge in [-0.15, -0.1) is 0 Å². The van der Waals surface area contributed by atoms with E-state index in [0.29, 0.717) is 12.2 Å². The Morgan fingerprint density at radius 2 is 2.13 bits per heavy atom. The molecular weight excluding hydrogens is 207 g/mol. The quantitative estimate of drug-likeness (QED) is 0.837. The van der Waals surface area contributed by atoms with E-state index < -0.39 is 12.6 Å². The van der Waals surface area contributed by atoms with Crippen LogP contribution in [0.25, 0.3) is 0 Å². The topological polar surface area (TPSA) is 37.8 Å². The van der Waals surface area contributed by atoms with Crippen molar-refractivity contribution in [3.8, 4) is 0 Å². The van der Waals surface area contributed by atoms with Crippen molar-refractivity contribution in [3.63, 3.8) is 0 Å². The minimum absolute atomic E-state index is 0.182. The van der Waals surface area contributed by atoms with Gasteiger partial charge in [0, 0.05) is 12.7 Å². The van der Waals surface area contributed by atoms with Crippen LogP contribution in [0.4, 0.5) is 13.2 Å². The molecule has 0 aliphatic rings. The highest BCUT2D eigenvalue weighted by molar-refractivity contribution is 5.02. The molecule has 0 spiro atoms. The Balaban J connectivity index is 2.66. The zero-order chi connectivity index (χ0) is 11.3. The van der Waals surface area contributed by atoms with Crippen LogP contribution in [-0.2, 0) is 13.0 Å². The van der Waals surface area contributed by atoms with Gasteiger partial charge < -0.3 is 5.32 Å². The lowest BCUT2D eigenvalue weighted by atomic mass is 10.3. The fraction of sp³-hybridized carbons (Fsp3) is 0.556. The van der Waals surface area contributed by atoms with Gasteiger partial charge in [-0.1, -0.05) is 6.92 Å². The maximum atomic E-state index is 12.0. The van der Waals surface area contributed by atoms with Gasteiger partial charge in [-0.05, 0) is 12.6 Å². The first-order chi connectivity index (χ1) is 7.01. The van der Waals surface area contributed by atoms with Crippen molar-refractivity contribution >= 4 is 0 Å². The van der Waals surface area contributed by atoms with Crippen molar-refractivity contribution in [2.24, 2.45) is 0 Å². The highest BCUT2D eigenvalue weighted by atomic mass is 19.4. The Bertz CT molecular complexity index is 312. The summed E-state index contributed by atoms with van der Waals surface area (Å²) in [6.07, 6.45) is -3.98. The molecule has 0 aromatic carbocycles. The molecule has 0 unspecified atom stereocenters. The lowest BCUT2D eigenvalue weighted by Crippen LogP contribution is -2.17. The summed E-state index contributed by atoms with van der Waals surface area (Å²) in [5.41, 5.74) is 0.575. The van der Waals surface area contributed by atoms with Gasteiger partial charge in [-0.3, -0.25) is 0 Å². The Kier molecular flexibility index (Phi) is 4.02. The van der Waals surface area contributed by atoms with E-state index in [2.05, 4.69) is 15.3 Å². The molecule has 0 amide bonds. The minimum atomic E-state index is -4.25. The average Bonchev–Trinajstić information content (AvgIpc) is 2.12. The Morgan fingerprint density at radius 1 is 1.40 bits per heavy atom. The summed E-state index contributed by atoms with van der Waals surface area (Å²) in [6, 6.07) is 1.60. The Labute approximate surface area is 85.7 Å². The first-order valence-electron chi connectivity index (χ1n) is 4.59. The lowest BCUT2D eigenvalue weighted by Gasteiger charge is -2.06. The number of alkyl halides is 3. The van der Waals surface area contributed by atoms with Crippen LogP contribution < -0.4 is 5.32 Å². The molecule has 1 aromatic rings. The number of hydrogen-bond donors (Lipinski definition) is 1. The van der Waals surface area contributed by atoms with Gasteiger partial charge in [0.1, 0.15) is 12.2 Å². The van der Waals surface area contributed by atoms with Crippen molar-refractivity contribution < 1.29 is 13.2 Å². The number of nitrogens with zero attached hydrogens (tertiary/aromatic N) is 2. The van der Waals surface area contributed by atoms with Crippen LogP contribution in [0.5, 0.6) is 0 Å². The summed E-state index contributed by atoms with van der Waals surface area (Å²) in [5, 5.41) is 2.98. The average molecular weight is 219 g/mol. The molecule has 0 atom stereocenters. The Morgan fingerprint density at radius 3 is 2.73 bits per heavy atom. The van der Waals surface area contributed by atoms with Crippen LogP contribution in [0.1, 0.15) is 18.4 Å². The molecule has 0 saturated carbocycles. The molecule has 15 heavy (non-hydrogen) atoms. The monoisotopic (exact) mass is 219 g/mol. The first kappa shape index (κ1) is 11.9. The van der Waals surface area contributed by atoms with Crippen LogP contribution in [0.15, 0.2) is 12.3 Å². The number of aromatic nitrogens is 2. The maximum Gasteiger partial charge on any atom is 0.396 e. The molecule has 1 heterocycles. The molecule has 0 saturated heterocycles. The highest BCUT2D eigenvalue weighted by Gasteiger charge is 2.29. The molecule has 0 aliphatic carbocycles. The van der Waals surface area contributed by atoms with E-state index in [0.717, 1.165) is 6.54 Å². The van der Waals surface area contributed by atoms with Crippen LogP contribution >= 0.6 is 0 Å². The molecule has 6 heteroatoms. The molecule has 0 radical (unpaired) electrons. The van der Waals surface area contributed by atoms with Gasteiger partial charge in [0.15, 0.2) is 0 Å². The number of hydrogen-bond acceptors (Lipinski definition) is 3. The predicted octanol–water partition coefficient (Wildman–Crippen LogP) is 1.69. The summed E-state index contributed by atoms with van der Waals surface area (Å²) < 4.78 is 36.1. The van der Waals surface area contributed by atoms with Crippen molar-refractivity contribution in [1.82, 2.24) is 15.3 Å². The van der Waals surface area contributed by atoms with Gasteiger partial charge in [-0.2, -0.15) is 13.2 Å². The smallest absolute Gasteiger partial charge is 0.311 e. The summed E-state index contributed by atoms with van der Waals surface area (Å²) in [7, 11) is 0. The largest absolute Gasteiger partial charge is 0.396 e. The van der Waals surface area contributed by atoms with E-state index >= 15 is 0 Å².